The van der Waals surface area contributed by atoms with Crippen LogP contribution in [-0.2, 0) is 24.7 Å². The molecule has 2 N–H and O–H groups in total. The Hall–Kier alpha value is -2.43. The molecule has 0 fully saturated rings. The Labute approximate surface area is 186 Å². The molecular formula is C19H19ClN6O2S2. The van der Waals surface area contributed by atoms with E-state index >= 15 is 0 Å². The second-order valence-electron chi connectivity index (χ2n) is 6.80. The minimum atomic E-state index is -0.225. The van der Waals surface area contributed by atoms with Crippen molar-refractivity contribution in [2.24, 2.45) is 7.05 Å². The lowest BCUT2D eigenvalue weighted by atomic mass is 9.95. The van der Waals surface area contributed by atoms with Crippen molar-refractivity contribution < 1.29 is 9.59 Å². The third-order valence-corrected chi connectivity index (χ3v) is 7.14. The van der Waals surface area contributed by atoms with Gasteiger partial charge in [0.2, 0.25) is 11.1 Å². The number of amides is 2. The Bertz CT molecular complexity index is 1080. The summed E-state index contributed by atoms with van der Waals surface area (Å²) in [5.41, 5.74) is 2.25. The number of anilines is 2. The molecule has 0 bridgehead atoms. The number of thioether (sulfide) groups is 1. The Morgan fingerprint density at radius 1 is 1.20 bits per heavy atom. The van der Waals surface area contributed by atoms with Gasteiger partial charge in [-0.15, -0.1) is 16.4 Å². The van der Waals surface area contributed by atoms with Crippen LogP contribution < -0.4 is 10.6 Å². The summed E-state index contributed by atoms with van der Waals surface area (Å²) in [5, 5.41) is 18.8. The fraction of sp³-hybridized carbons (Fsp3) is 0.316. The van der Waals surface area contributed by atoms with Gasteiger partial charge in [0.05, 0.1) is 11.3 Å². The number of thiophene rings is 1. The van der Waals surface area contributed by atoms with Gasteiger partial charge >= 0.3 is 0 Å². The van der Waals surface area contributed by atoms with E-state index in [-0.39, 0.29) is 17.6 Å². The van der Waals surface area contributed by atoms with Crippen LogP contribution in [0.5, 0.6) is 0 Å². The molecule has 0 aliphatic heterocycles. The van der Waals surface area contributed by atoms with Gasteiger partial charge in [-0.2, -0.15) is 0 Å². The Morgan fingerprint density at radius 3 is 2.70 bits per heavy atom. The van der Waals surface area contributed by atoms with Crippen LogP contribution in [0.15, 0.2) is 29.4 Å². The highest BCUT2D eigenvalue weighted by atomic mass is 35.5. The molecule has 4 rings (SSSR count). The molecule has 156 valence electrons. The molecule has 0 saturated carbocycles. The molecule has 30 heavy (non-hydrogen) atoms. The summed E-state index contributed by atoms with van der Waals surface area (Å²) in [4.78, 5) is 26.8. The first-order valence-corrected chi connectivity index (χ1v) is 11.6. The fourth-order valence-electron chi connectivity index (χ4n) is 3.26. The van der Waals surface area contributed by atoms with Crippen molar-refractivity contribution in [3.8, 4) is 0 Å². The van der Waals surface area contributed by atoms with Gasteiger partial charge in [0, 0.05) is 22.6 Å². The monoisotopic (exact) mass is 462 g/mol. The first-order chi connectivity index (χ1) is 14.5. The summed E-state index contributed by atoms with van der Waals surface area (Å²) in [6, 6.07) is 6.95. The highest BCUT2D eigenvalue weighted by Crippen LogP contribution is 2.38. The van der Waals surface area contributed by atoms with Gasteiger partial charge < -0.3 is 10.6 Å². The quantitative estimate of drug-likeness (QED) is 0.540. The number of nitrogens with one attached hydrogen (secondary N) is 2. The minimum Gasteiger partial charge on any atom is -0.322 e. The van der Waals surface area contributed by atoms with Gasteiger partial charge in [0.25, 0.3) is 5.91 Å². The molecule has 0 radical (unpaired) electrons. The molecule has 0 spiro atoms. The van der Waals surface area contributed by atoms with Crippen LogP contribution in [-0.4, -0.2) is 37.8 Å². The van der Waals surface area contributed by atoms with E-state index in [1.54, 1.807) is 31.3 Å². The second-order valence-corrected chi connectivity index (χ2v) is 9.28. The van der Waals surface area contributed by atoms with Crippen molar-refractivity contribution in [1.82, 2.24) is 20.2 Å². The number of carbonyl (C=O) groups is 2. The molecule has 3 aromatic rings. The molecule has 2 heterocycles. The van der Waals surface area contributed by atoms with Crippen LogP contribution in [0, 0.1) is 0 Å². The largest absolute Gasteiger partial charge is 0.322 e. The number of nitrogens with zero attached hydrogens (tertiary/aromatic N) is 4. The van der Waals surface area contributed by atoms with Gasteiger partial charge in [-0.3, -0.25) is 9.59 Å². The molecule has 8 nitrogen and oxygen atoms in total. The standard InChI is InChI=1S/C19H19ClN6O2S2/c1-26-19(23-24-25-26)29-10-15(27)22-18-16(13-4-2-3-5-14(13)30-18)17(28)21-12-8-6-11(20)7-9-12/h6-9H,2-5,10H2,1H3,(H,21,28)(H,22,27). The summed E-state index contributed by atoms with van der Waals surface area (Å²) in [6.07, 6.45) is 3.89. The van der Waals surface area contributed by atoms with Gasteiger partial charge in [0.15, 0.2) is 0 Å². The number of hydrogen-bond acceptors (Lipinski definition) is 7. The van der Waals surface area contributed by atoms with E-state index in [2.05, 4.69) is 26.2 Å². The number of benzene rings is 1. The molecule has 0 atom stereocenters. The predicted molar refractivity (Wildman–Crippen MR) is 119 cm³/mol. The second kappa shape index (κ2) is 9.15. The van der Waals surface area contributed by atoms with Crippen LogP contribution >= 0.6 is 34.7 Å². The first-order valence-electron chi connectivity index (χ1n) is 9.37. The third kappa shape index (κ3) is 4.66. The summed E-state index contributed by atoms with van der Waals surface area (Å²) in [7, 11) is 1.72. The Balaban J connectivity index is 1.52. The Morgan fingerprint density at radius 2 is 1.97 bits per heavy atom. The van der Waals surface area contributed by atoms with Crippen molar-refractivity contribution in [3.05, 3.63) is 45.3 Å². The molecule has 0 unspecified atom stereocenters. The third-order valence-electron chi connectivity index (χ3n) is 4.67. The van der Waals surface area contributed by atoms with E-state index in [9.17, 15) is 9.59 Å². The van der Waals surface area contributed by atoms with Crippen molar-refractivity contribution in [2.45, 2.75) is 30.8 Å². The molecule has 1 aromatic carbocycles. The van der Waals surface area contributed by atoms with Crippen molar-refractivity contribution in [2.75, 3.05) is 16.4 Å². The first kappa shape index (κ1) is 20.8. The van der Waals surface area contributed by atoms with Crippen molar-refractivity contribution >= 4 is 57.2 Å². The zero-order chi connectivity index (χ0) is 21.1. The van der Waals surface area contributed by atoms with Crippen LogP contribution in [0.2, 0.25) is 5.02 Å². The van der Waals surface area contributed by atoms with E-state index < -0.39 is 0 Å². The average molecular weight is 463 g/mol. The number of fused-ring (bicyclic) bond motifs is 1. The van der Waals surface area contributed by atoms with E-state index in [4.69, 9.17) is 11.6 Å². The Kier molecular flexibility index (Phi) is 6.35. The zero-order valence-electron chi connectivity index (χ0n) is 16.1. The molecular weight excluding hydrogens is 444 g/mol. The van der Waals surface area contributed by atoms with E-state index in [0.717, 1.165) is 31.2 Å². The van der Waals surface area contributed by atoms with Crippen LogP contribution in [0.1, 0.15) is 33.6 Å². The minimum absolute atomic E-state index is 0.148. The lowest BCUT2D eigenvalue weighted by Gasteiger charge is -2.13. The van der Waals surface area contributed by atoms with Crippen LogP contribution in [0.4, 0.5) is 10.7 Å². The number of carbonyl (C=O) groups excluding carboxylic acids is 2. The lowest BCUT2D eigenvalue weighted by Crippen LogP contribution is -2.19. The maximum Gasteiger partial charge on any atom is 0.258 e. The molecule has 2 aromatic heterocycles. The molecule has 1 aliphatic carbocycles. The van der Waals surface area contributed by atoms with Gasteiger partial charge in [0.1, 0.15) is 5.00 Å². The maximum absolute atomic E-state index is 13.1. The molecule has 11 heteroatoms. The summed E-state index contributed by atoms with van der Waals surface area (Å²) in [5.74, 6) is -0.283. The molecule has 1 aliphatic rings. The van der Waals surface area contributed by atoms with Crippen molar-refractivity contribution in [1.29, 1.82) is 0 Å². The maximum atomic E-state index is 13.1. The highest BCUT2D eigenvalue weighted by molar-refractivity contribution is 7.99. The zero-order valence-corrected chi connectivity index (χ0v) is 18.5. The lowest BCUT2D eigenvalue weighted by molar-refractivity contribution is -0.113. The molecule has 2 amide bonds. The highest BCUT2D eigenvalue weighted by Gasteiger charge is 2.26. The number of hydrogen-bond donors (Lipinski definition) is 2. The van der Waals surface area contributed by atoms with Gasteiger partial charge in [-0.05, 0) is 65.9 Å². The van der Waals surface area contributed by atoms with Gasteiger partial charge in [-0.25, -0.2) is 4.68 Å². The topological polar surface area (TPSA) is 102 Å². The number of tetrazole rings is 1. The number of rotatable bonds is 6. The smallest absolute Gasteiger partial charge is 0.258 e. The summed E-state index contributed by atoms with van der Waals surface area (Å²) >= 11 is 8.66. The average Bonchev–Trinajstić information content (AvgIpc) is 3.30. The summed E-state index contributed by atoms with van der Waals surface area (Å²) < 4.78 is 1.51. The van der Waals surface area contributed by atoms with E-state index in [0.29, 0.717) is 26.4 Å². The number of aryl methyl sites for hydroxylation is 2. The van der Waals surface area contributed by atoms with E-state index in [1.807, 2.05) is 0 Å². The van der Waals surface area contributed by atoms with E-state index in [1.165, 1.54) is 32.7 Å². The van der Waals surface area contributed by atoms with Crippen molar-refractivity contribution in [3.63, 3.8) is 0 Å². The van der Waals surface area contributed by atoms with Crippen LogP contribution in [0.25, 0.3) is 0 Å². The molecule has 0 saturated heterocycles. The number of aromatic nitrogens is 4. The normalized spacial score (nSPS) is 13.0. The number of halogens is 1. The van der Waals surface area contributed by atoms with Crippen LogP contribution in [0.3, 0.4) is 0 Å². The fourth-order valence-corrected chi connectivity index (χ4v) is 5.34. The van der Waals surface area contributed by atoms with Gasteiger partial charge in [-0.1, -0.05) is 23.4 Å². The SMILES string of the molecule is Cn1nnnc1SCC(=O)Nc1sc2c(c1C(=O)Nc1ccc(Cl)cc1)CCCC2. The summed E-state index contributed by atoms with van der Waals surface area (Å²) in [6.45, 7) is 0. The predicted octanol–water partition coefficient (Wildman–Crippen LogP) is 3.79.